The number of ether oxygens (including phenoxy) is 1. The number of fused-ring (bicyclic) bond motifs is 1. The average Bonchev–Trinajstić information content (AvgIpc) is 3.73. The fourth-order valence-corrected chi connectivity index (χ4v) is 5.72. The van der Waals surface area contributed by atoms with Crippen molar-refractivity contribution in [2.75, 3.05) is 19.7 Å². The number of aliphatic carboxylic acids is 1. The first kappa shape index (κ1) is 28.3. The number of carbonyl (C=O) groups is 1. The van der Waals surface area contributed by atoms with Gasteiger partial charge in [0.1, 0.15) is 12.4 Å². The van der Waals surface area contributed by atoms with Crippen molar-refractivity contribution in [2.45, 2.75) is 51.5 Å². The minimum absolute atomic E-state index is 0.121. The first-order chi connectivity index (χ1) is 18.8. The lowest BCUT2D eigenvalue weighted by molar-refractivity contribution is -0.142. The van der Waals surface area contributed by atoms with E-state index in [1.54, 1.807) is 11.8 Å². The molecule has 1 saturated carbocycles. The highest BCUT2D eigenvalue weighted by Gasteiger charge is 2.38. The summed E-state index contributed by atoms with van der Waals surface area (Å²) in [5, 5.41) is 9.56. The number of nitrogens with zero attached hydrogens (tertiary/aromatic N) is 1. The number of carboxylic acids is 1. The lowest BCUT2D eigenvalue weighted by Gasteiger charge is -2.35. The summed E-state index contributed by atoms with van der Waals surface area (Å²) in [4.78, 5) is 13.4. The zero-order valence-electron chi connectivity index (χ0n) is 21.8. The first-order valence-corrected chi connectivity index (χ1v) is 13.2. The van der Waals surface area contributed by atoms with E-state index in [0.717, 1.165) is 35.1 Å². The Labute approximate surface area is 227 Å². The standard InChI is InChI=1S/C30H29F6NO3/c1-17(28(38)39)27(19-2-3-19)20-4-7-26-21(12-20)13-23(16-40-26)18-8-10-37(11-9-18)15-22-14-24(29(31,32)33)5-6-25(22)30(34,35)36/h4-7,12-14,18-19H,2-3,8-11,15-16H2,1H3,(H,38,39). The van der Waals surface area contributed by atoms with Crippen LogP contribution in [0.1, 0.15) is 60.4 Å². The Morgan fingerprint density at radius 1 is 0.975 bits per heavy atom. The molecule has 2 aromatic carbocycles. The quantitative estimate of drug-likeness (QED) is 0.288. The number of piperidine rings is 1. The molecule has 2 aliphatic heterocycles. The molecule has 0 radical (unpaired) electrons. The summed E-state index contributed by atoms with van der Waals surface area (Å²) in [7, 11) is 0. The molecule has 0 amide bonds. The van der Waals surface area contributed by atoms with Gasteiger partial charge in [0.25, 0.3) is 0 Å². The summed E-state index contributed by atoms with van der Waals surface area (Å²) in [6.45, 7) is 2.66. The van der Waals surface area contributed by atoms with Crippen molar-refractivity contribution in [2.24, 2.45) is 11.8 Å². The van der Waals surface area contributed by atoms with E-state index in [1.807, 2.05) is 18.2 Å². The van der Waals surface area contributed by atoms with Crippen LogP contribution in [0.4, 0.5) is 26.3 Å². The molecule has 1 saturated heterocycles. The highest BCUT2D eigenvalue weighted by molar-refractivity contribution is 5.97. The molecular formula is C30H29F6NO3. The minimum atomic E-state index is -4.74. The first-order valence-electron chi connectivity index (χ1n) is 13.2. The Hall–Kier alpha value is -3.27. The molecule has 2 aromatic rings. The van der Waals surface area contributed by atoms with Crippen molar-refractivity contribution in [1.82, 2.24) is 4.90 Å². The third kappa shape index (κ3) is 6.06. The van der Waals surface area contributed by atoms with Gasteiger partial charge in [-0.05, 0) is 116 Å². The Morgan fingerprint density at radius 2 is 1.68 bits per heavy atom. The van der Waals surface area contributed by atoms with E-state index in [9.17, 15) is 36.2 Å². The van der Waals surface area contributed by atoms with E-state index in [0.29, 0.717) is 62.1 Å². The molecule has 3 aliphatic rings. The maximum atomic E-state index is 13.5. The van der Waals surface area contributed by atoms with Gasteiger partial charge in [-0.25, -0.2) is 4.79 Å². The molecule has 0 bridgehead atoms. The van der Waals surface area contributed by atoms with E-state index in [4.69, 9.17) is 4.74 Å². The van der Waals surface area contributed by atoms with Crippen LogP contribution >= 0.6 is 0 Å². The molecule has 40 heavy (non-hydrogen) atoms. The monoisotopic (exact) mass is 565 g/mol. The Balaban J connectivity index is 1.31. The van der Waals surface area contributed by atoms with Crippen LogP contribution in [0.2, 0.25) is 0 Å². The van der Waals surface area contributed by atoms with Crippen LogP contribution < -0.4 is 4.74 Å². The third-order valence-electron chi connectivity index (χ3n) is 8.01. The average molecular weight is 566 g/mol. The molecule has 0 aromatic heterocycles. The van der Waals surface area contributed by atoms with Crippen LogP contribution in [0.3, 0.4) is 0 Å². The predicted octanol–water partition coefficient (Wildman–Crippen LogP) is 7.68. The van der Waals surface area contributed by atoms with Crippen LogP contribution in [-0.4, -0.2) is 35.7 Å². The fourth-order valence-electron chi connectivity index (χ4n) is 5.72. The van der Waals surface area contributed by atoms with Crippen LogP contribution in [0.25, 0.3) is 11.6 Å². The molecule has 214 valence electrons. The number of likely N-dealkylation sites (tertiary alicyclic amines) is 1. The van der Waals surface area contributed by atoms with Crippen molar-refractivity contribution >= 4 is 17.6 Å². The van der Waals surface area contributed by atoms with Crippen LogP contribution in [0, 0.1) is 11.8 Å². The number of hydrogen-bond acceptors (Lipinski definition) is 3. The molecule has 10 heteroatoms. The van der Waals surface area contributed by atoms with Gasteiger partial charge in [-0.3, -0.25) is 4.90 Å². The highest BCUT2D eigenvalue weighted by Crippen LogP contribution is 2.45. The zero-order chi connectivity index (χ0) is 28.8. The van der Waals surface area contributed by atoms with Gasteiger partial charge in [0.2, 0.25) is 0 Å². The van der Waals surface area contributed by atoms with Crippen molar-refractivity contribution in [1.29, 1.82) is 0 Å². The number of carboxylic acid groups (broad SMARTS) is 1. The van der Waals surface area contributed by atoms with Crippen molar-refractivity contribution in [3.63, 3.8) is 0 Å². The predicted molar refractivity (Wildman–Crippen MR) is 137 cm³/mol. The second kappa shape index (κ2) is 10.6. The molecule has 0 unspecified atom stereocenters. The van der Waals surface area contributed by atoms with Gasteiger partial charge < -0.3 is 9.84 Å². The topological polar surface area (TPSA) is 49.8 Å². The van der Waals surface area contributed by atoms with E-state index in [-0.39, 0.29) is 23.9 Å². The number of benzene rings is 2. The summed E-state index contributed by atoms with van der Waals surface area (Å²) in [6.07, 6.45) is -4.23. The number of alkyl halides is 6. The summed E-state index contributed by atoms with van der Waals surface area (Å²) < 4.78 is 86.1. The second-order valence-corrected chi connectivity index (χ2v) is 10.8. The van der Waals surface area contributed by atoms with Gasteiger partial charge in [0, 0.05) is 17.7 Å². The van der Waals surface area contributed by atoms with E-state index in [2.05, 4.69) is 6.08 Å². The fraction of sp³-hybridized carbons (Fsp3) is 0.433. The molecule has 1 aliphatic carbocycles. The summed E-state index contributed by atoms with van der Waals surface area (Å²) >= 11 is 0. The van der Waals surface area contributed by atoms with E-state index < -0.39 is 29.4 Å². The van der Waals surface area contributed by atoms with Crippen molar-refractivity contribution in [3.05, 3.63) is 75.4 Å². The van der Waals surface area contributed by atoms with E-state index in [1.165, 1.54) is 0 Å². The maximum absolute atomic E-state index is 13.5. The van der Waals surface area contributed by atoms with Gasteiger partial charge in [0.15, 0.2) is 0 Å². The molecule has 5 rings (SSSR count). The molecule has 0 atom stereocenters. The van der Waals surface area contributed by atoms with Gasteiger partial charge in [-0.1, -0.05) is 6.07 Å². The SMILES string of the molecule is CC(C(=O)O)=C(c1ccc2c(c1)C=C(C1CCN(Cc3cc(C(F)(F)F)ccc3C(F)(F)F)CC1)CO2)C1CC1. The highest BCUT2D eigenvalue weighted by atomic mass is 19.4. The molecule has 2 heterocycles. The van der Waals surface area contributed by atoms with Gasteiger partial charge in [0.05, 0.1) is 11.1 Å². The molecule has 1 N–H and O–H groups in total. The number of halogens is 6. The van der Waals surface area contributed by atoms with E-state index >= 15 is 0 Å². The molecule has 2 fully saturated rings. The maximum Gasteiger partial charge on any atom is 0.416 e. The summed E-state index contributed by atoms with van der Waals surface area (Å²) in [5.74, 6) is 0.126. The van der Waals surface area contributed by atoms with Crippen LogP contribution in [0.15, 0.2) is 47.5 Å². The van der Waals surface area contributed by atoms with Crippen molar-refractivity contribution < 1.29 is 41.0 Å². The molecular weight excluding hydrogens is 536 g/mol. The van der Waals surface area contributed by atoms with Gasteiger partial charge in [-0.2, -0.15) is 26.3 Å². The lowest BCUT2D eigenvalue weighted by atomic mass is 9.86. The summed E-state index contributed by atoms with van der Waals surface area (Å²) in [6, 6.07) is 7.30. The smallest absolute Gasteiger partial charge is 0.416 e. The number of rotatable bonds is 6. The third-order valence-corrected chi connectivity index (χ3v) is 8.01. The normalized spacial score (nSPS) is 19.4. The van der Waals surface area contributed by atoms with Crippen LogP contribution in [0.5, 0.6) is 5.75 Å². The van der Waals surface area contributed by atoms with Crippen molar-refractivity contribution in [3.8, 4) is 5.75 Å². The Morgan fingerprint density at radius 3 is 2.27 bits per heavy atom. The van der Waals surface area contributed by atoms with Crippen LogP contribution in [-0.2, 0) is 23.7 Å². The number of allylic oxidation sites excluding steroid dienone is 1. The Bertz CT molecular complexity index is 1360. The number of hydrogen-bond donors (Lipinski definition) is 1. The lowest BCUT2D eigenvalue weighted by Crippen LogP contribution is -2.35. The second-order valence-electron chi connectivity index (χ2n) is 10.8. The largest absolute Gasteiger partial charge is 0.489 e. The minimum Gasteiger partial charge on any atom is -0.489 e. The molecule has 4 nitrogen and oxygen atoms in total. The molecule has 0 spiro atoms. The zero-order valence-corrected chi connectivity index (χ0v) is 21.8. The Kier molecular flexibility index (Phi) is 7.50. The summed E-state index contributed by atoms with van der Waals surface area (Å²) in [5.41, 5.74) is 1.43. The van der Waals surface area contributed by atoms with Gasteiger partial charge >= 0.3 is 18.3 Å². The van der Waals surface area contributed by atoms with Gasteiger partial charge in [-0.15, -0.1) is 0 Å².